The summed E-state index contributed by atoms with van der Waals surface area (Å²) >= 11 is 0. The van der Waals surface area contributed by atoms with Crippen LogP contribution in [0.15, 0.2) is 45.9 Å². The zero-order valence-corrected chi connectivity index (χ0v) is 16.2. The van der Waals surface area contributed by atoms with Gasteiger partial charge in [-0.3, -0.25) is 9.59 Å². The Morgan fingerprint density at radius 3 is 2.56 bits per heavy atom. The number of carbonyl (C=O) groups is 2. The molecular formula is C18H23N3O5S. The molecule has 9 heteroatoms. The highest BCUT2D eigenvalue weighted by molar-refractivity contribution is 7.89. The molecule has 0 aliphatic rings. The molecule has 1 aromatic carbocycles. The van der Waals surface area contributed by atoms with Crippen LogP contribution in [0.3, 0.4) is 0 Å². The van der Waals surface area contributed by atoms with Crippen molar-refractivity contribution in [1.29, 1.82) is 0 Å². The van der Waals surface area contributed by atoms with Gasteiger partial charge in [0.1, 0.15) is 6.04 Å². The minimum atomic E-state index is -3.66. The average Bonchev–Trinajstić information content (AvgIpc) is 3.15. The number of amides is 2. The summed E-state index contributed by atoms with van der Waals surface area (Å²) in [5.74, 6) is -0.824. The lowest BCUT2D eigenvalue weighted by atomic mass is 10.2. The van der Waals surface area contributed by atoms with Crippen LogP contribution in [0.25, 0.3) is 0 Å². The Labute approximate surface area is 158 Å². The summed E-state index contributed by atoms with van der Waals surface area (Å²) in [6.45, 7) is 5.18. The number of hydrogen-bond donors (Lipinski definition) is 3. The highest BCUT2D eigenvalue weighted by atomic mass is 32.2. The Balaban J connectivity index is 1.81. The van der Waals surface area contributed by atoms with Crippen molar-refractivity contribution in [3.05, 3.63) is 53.5 Å². The van der Waals surface area contributed by atoms with E-state index >= 15 is 0 Å². The van der Waals surface area contributed by atoms with E-state index in [1.165, 1.54) is 19.3 Å². The maximum atomic E-state index is 12.4. The van der Waals surface area contributed by atoms with Crippen molar-refractivity contribution < 1.29 is 22.4 Å². The second-order valence-electron chi connectivity index (χ2n) is 6.13. The van der Waals surface area contributed by atoms with Crippen LogP contribution in [0.4, 0.5) is 0 Å². The van der Waals surface area contributed by atoms with Gasteiger partial charge < -0.3 is 15.1 Å². The first-order valence-corrected chi connectivity index (χ1v) is 9.88. The predicted octanol–water partition coefficient (Wildman–Crippen LogP) is 1.11. The Hall–Kier alpha value is -2.65. The van der Waals surface area contributed by atoms with Crippen LogP contribution < -0.4 is 15.4 Å². The molecule has 0 spiro atoms. The number of rotatable bonds is 8. The molecule has 2 aromatic rings. The van der Waals surface area contributed by atoms with Gasteiger partial charge in [-0.2, -0.15) is 0 Å². The summed E-state index contributed by atoms with van der Waals surface area (Å²) in [6, 6.07) is 7.45. The van der Waals surface area contributed by atoms with Gasteiger partial charge in [0.05, 0.1) is 11.2 Å². The molecule has 27 heavy (non-hydrogen) atoms. The summed E-state index contributed by atoms with van der Waals surface area (Å²) in [4.78, 5) is 24.0. The monoisotopic (exact) mass is 393 g/mol. The SMILES string of the molecule is Cc1ccc(C)c(S(=O)(=O)NCCNC(=O)C(C)NC(=O)c2ccco2)c1. The van der Waals surface area contributed by atoms with Crippen molar-refractivity contribution in [1.82, 2.24) is 15.4 Å². The molecule has 8 nitrogen and oxygen atoms in total. The summed E-state index contributed by atoms with van der Waals surface area (Å²) in [5, 5.41) is 5.07. The number of nitrogens with one attached hydrogen (secondary N) is 3. The maximum Gasteiger partial charge on any atom is 0.287 e. The van der Waals surface area contributed by atoms with E-state index in [0.29, 0.717) is 5.56 Å². The number of carbonyl (C=O) groups excluding carboxylic acids is 2. The fourth-order valence-corrected chi connectivity index (χ4v) is 3.70. The molecule has 0 saturated carbocycles. The highest BCUT2D eigenvalue weighted by Crippen LogP contribution is 2.16. The molecule has 0 bridgehead atoms. The van der Waals surface area contributed by atoms with Gasteiger partial charge in [-0.15, -0.1) is 0 Å². The van der Waals surface area contributed by atoms with Crippen molar-refractivity contribution in [3.8, 4) is 0 Å². The summed E-state index contributed by atoms with van der Waals surface area (Å²) in [5.41, 5.74) is 1.49. The number of sulfonamides is 1. The molecule has 2 rings (SSSR count). The third-order valence-electron chi connectivity index (χ3n) is 3.84. The molecule has 1 unspecified atom stereocenters. The topological polar surface area (TPSA) is 118 Å². The largest absolute Gasteiger partial charge is 0.459 e. The van der Waals surface area contributed by atoms with Gasteiger partial charge in [-0.1, -0.05) is 12.1 Å². The molecule has 0 aliphatic heterocycles. The molecule has 1 atom stereocenters. The Morgan fingerprint density at radius 2 is 1.89 bits per heavy atom. The molecule has 146 valence electrons. The maximum absolute atomic E-state index is 12.4. The minimum Gasteiger partial charge on any atom is -0.459 e. The van der Waals surface area contributed by atoms with E-state index in [-0.39, 0.29) is 23.7 Å². The lowest BCUT2D eigenvalue weighted by molar-refractivity contribution is -0.122. The van der Waals surface area contributed by atoms with Crippen LogP contribution in [0, 0.1) is 13.8 Å². The second kappa shape index (κ2) is 8.83. The normalized spacial score (nSPS) is 12.4. The van der Waals surface area contributed by atoms with E-state index in [4.69, 9.17) is 4.42 Å². The zero-order chi connectivity index (χ0) is 20.0. The highest BCUT2D eigenvalue weighted by Gasteiger charge is 2.19. The summed E-state index contributed by atoms with van der Waals surface area (Å²) < 4.78 is 32.1. The van der Waals surface area contributed by atoms with Crippen LogP contribution in [-0.4, -0.2) is 39.4 Å². The lowest BCUT2D eigenvalue weighted by Crippen LogP contribution is -2.46. The molecule has 2 amide bonds. The number of hydrogen-bond acceptors (Lipinski definition) is 5. The van der Waals surface area contributed by atoms with E-state index in [1.807, 2.05) is 13.0 Å². The molecule has 0 radical (unpaired) electrons. The summed E-state index contributed by atoms with van der Waals surface area (Å²) in [6.07, 6.45) is 1.36. The minimum absolute atomic E-state index is 0.0281. The zero-order valence-electron chi connectivity index (χ0n) is 15.4. The first-order valence-electron chi connectivity index (χ1n) is 8.39. The van der Waals surface area contributed by atoms with Gasteiger partial charge in [0.25, 0.3) is 5.91 Å². The molecule has 1 aromatic heterocycles. The van der Waals surface area contributed by atoms with Crippen molar-refractivity contribution in [2.75, 3.05) is 13.1 Å². The van der Waals surface area contributed by atoms with Gasteiger partial charge >= 0.3 is 0 Å². The molecule has 0 fully saturated rings. The Morgan fingerprint density at radius 1 is 1.15 bits per heavy atom. The fraction of sp³-hybridized carbons (Fsp3) is 0.333. The first kappa shape index (κ1) is 20.7. The molecule has 3 N–H and O–H groups in total. The van der Waals surface area contributed by atoms with Gasteiger partial charge in [-0.05, 0) is 50.1 Å². The van der Waals surface area contributed by atoms with Crippen molar-refractivity contribution in [3.63, 3.8) is 0 Å². The standard InChI is InChI=1S/C18H23N3O5S/c1-12-6-7-13(2)16(11-12)27(24,25)20-9-8-19-17(22)14(3)21-18(23)15-5-4-10-26-15/h4-7,10-11,14,20H,8-9H2,1-3H3,(H,19,22)(H,21,23). The van der Waals surface area contributed by atoms with E-state index in [2.05, 4.69) is 15.4 Å². The molecular weight excluding hydrogens is 370 g/mol. The van der Waals surface area contributed by atoms with Crippen LogP contribution in [-0.2, 0) is 14.8 Å². The Bertz CT molecular complexity index is 907. The first-order chi connectivity index (χ1) is 12.7. The predicted molar refractivity (Wildman–Crippen MR) is 99.8 cm³/mol. The van der Waals surface area contributed by atoms with Crippen molar-refractivity contribution in [2.24, 2.45) is 0 Å². The van der Waals surface area contributed by atoms with Crippen LogP contribution in [0.2, 0.25) is 0 Å². The third-order valence-corrected chi connectivity index (χ3v) is 5.44. The molecule has 0 aliphatic carbocycles. The van der Waals surface area contributed by atoms with Crippen LogP contribution in [0.5, 0.6) is 0 Å². The van der Waals surface area contributed by atoms with Crippen LogP contribution in [0.1, 0.15) is 28.6 Å². The molecule has 0 saturated heterocycles. The molecule has 1 heterocycles. The van der Waals surface area contributed by atoms with Crippen LogP contribution >= 0.6 is 0 Å². The number of aryl methyl sites for hydroxylation is 2. The van der Waals surface area contributed by atoms with Crippen molar-refractivity contribution >= 4 is 21.8 Å². The van der Waals surface area contributed by atoms with E-state index in [9.17, 15) is 18.0 Å². The van der Waals surface area contributed by atoms with Gasteiger partial charge in [-0.25, -0.2) is 13.1 Å². The smallest absolute Gasteiger partial charge is 0.287 e. The van der Waals surface area contributed by atoms with Gasteiger partial charge in [0, 0.05) is 13.1 Å². The lowest BCUT2D eigenvalue weighted by Gasteiger charge is -2.14. The van der Waals surface area contributed by atoms with Crippen molar-refractivity contribution in [2.45, 2.75) is 31.7 Å². The average molecular weight is 393 g/mol. The van der Waals surface area contributed by atoms with Gasteiger partial charge in [0.15, 0.2) is 5.76 Å². The second-order valence-corrected chi connectivity index (χ2v) is 7.87. The van der Waals surface area contributed by atoms with E-state index in [0.717, 1.165) is 5.56 Å². The quantitative estimate of drug-likeness (QED) is 0.581. The van der Waals surface area contributed by atoms with Gasteiger partial charge in [0.2, 0.25) is 15.9 Å². The Kier molecular flexibility index (Phi) is 6.75. The van der Waals surface area contributed by atoms with E-state index < -0.39 is 27.9 Å². The third kappa shape index (κ3) is 5.66. The summed E-state index contributed by atoms with van der Waals surface area (Å²) in [7, 11) is -3.66. The fourth-order valence-electron chi connectivity index (χ4n) is 2.34. The number of furan rings is 1. The number of benzene rings is 1. The van der Waals surface area contributed by atoms with E-state index in [1.54, 1.807) is 25.1 Å².